The summed E-state index contributed by atoms with van der Waals surface area (Å²) in [5, 5.41) is 9.92. The Morgan fingerprint density at radius 3 is 2.39 bits per heavy atom. The highest BCUT2D eigenvalue weighted by atomic mass is 16.5. The Labute approximate surface area is 178 Å². The summed E-state index contributed by atoms with van der Waals surface area (Å²) in [6.45, 7) is 0. The molecule has 0 aliphatic rings. The van der Waals surface area contributed by atoms with Crippen LogP contribution in [0.3, 0.4) is 0 Å². The smallest absolute Gasteiger partial charge is 0.323 e. The molecule has 0 fully saturated rings. The number of ether oxygens (including phenoxy) is 3. The molecule has 9 heteroatoms. The monoisotopic (exact) mass is 419 g/mol. The molecule has 0 unspecified atom stereocenters. The van der Waals surface area contributed by atoms with Gasteiger partial charge in [0, 0.05) is 29.1 Å². The summed E-state index contributed by atoms with van der Waals surface area (Å²) in [6.07, 6.45) is 1.81. The number of benzene rings is 2. The van der Waals surface area contributed by atoms with Crippen LogP contribution < -0.4 is 24.8 Å². The van der Waals surface area contributed by atoms with Gasteiger partial charge in [-0.1, -0.05) is 12.1 Å². The lowest BCUT2D eigenvalue weighted by Gasteiger charge is -2.11. The molecule has 0 saturated carbocycles. The highest BCUT2D eigenvalue weighted by Crippen LogP contribution is 2.30. The SMILES string of the molecule is COc1ccc2nc(-c3cccc(NC(=O)Nc4ccc(OC)c(OC)c4)c3)cn2n1. The quantitative estimate of drug-likeness (QED) is 0.489. The highest BCUT2D eigenvalue weighted by Gasteiger charge is 2.10. The first kappa shape index (κ1) is 20.0. The van der Waals surface area contributed by atoms with Crippen molar-refractivity contribution in [2.45, 2.75) is 0 Å². The van der Waals surface area contributed by atoms with Crippen molar-refractivity contribution in [1.29, 1.82) is 0 Å². The molecule has 0 aliphatic heterocycles. The molecule has 2 amide bonds. The van der Waals surface area contributed by atoms with Gasteiger partial charge in [0.1, 0.15) is 0 Å². The van der Waals surface area contributed by atoms with Crippen LogP contribution in [0.1, 0.15) is 0 Å². The number of hydrogen-bond acceptors (Lipinski definition) is 6. The van der Waals surface area contributed by atoms with Gasteiger partial charge in [0.15, 0.2) is 17.1 Å². The molecule has 2 N–H and O–H groups in total. The third kappa shape index (κ3) is 4.35. The molecule has 2 aromatic heterocycles. The van der Waals surface area contributed by atoms with Crippen LogP contribution >= 0.6 is 0 Å². The number of fused-ring (bicyclic) bond motifs is 1. The summed E-state index contributed by atoms with van der Waals surface area (Å²) in [4.78, 5) is 17.0. The zero-order valence-corrected chi connectivity index (χ0v) is 17.2. The molecule has 0 radical (unpaired) electrons. The van der Waals surface area contributed by atoms with E-state index in [4.69, 9.17) is 14.2 Å². The van der Waals surface area contributed by atoms with Gasteiger partial charge in [0.2, 0.25) is 5.88 Å². The lowest BCUT2D eigenvalue weighted by atomic mass is 10.1. The van der Waals surface area contributed by atoms with E-state index in [0.717, 1.165) is 11.3 Å². The number of methoxy groups -OCH3 is 3. The maximum Gasteiger partial charge on any atom is 0.323 e. The van der Waals surface area contributed by atoms with Gasteiger partial charge < -0.3 is 24.8 Å². The van der Waals surface area contributed by atoms with E-state index in [1.165, 1.54) is 7.11 Å². The highest BCUT2D eigenvalue weighted by molar-refractivity contribution is 6.00. The Bertz CT molecular complexity index is 1240. The Morgan fingerprint density at radius 1 is 0.871 bits per heavy atom. The molecule has 0 spiro atoms. The minimum Gasteiger partial charge on any atom is -0.493 e. The Balaban J connectivity index is 1.50. The van der Waals surface area contributed by atoms with Gasteiger partial charge in [-0.3, -0.25) is 0 Å². The topological polar surface area (TPSA) is 99.0 Å². The van der Waals surface area contributed by atoms with Gasteiger partial charge in [0.25, 0.3) is 0 Å². The molecule has 4 aromatic rings. The van der Waals surface area contributed by atoms with Gasteiger partial charge >= 0.3 is 6.03 Å². The zero-order chi connectivity index (χ0) is 21.8. The standard InChI is InChI=1S/C22H21N5O4/c1-29-18-8-7-16(12-19(18)30-2)24-22(28)23-15-6-4-5-14(11-15)17-13-27-20(25-17)9-10-21(26-27)31-3/h4-13H,1-3H3,(H2,23,24,28). The van der Waals surface area contributed by atoms with Gasteiger partial charge in [0.05, 0.1) is 33.2 Å². The molecule has 2 aromatic carbocycles. The van der Waals surface area contributed by atoms with Crippen LogP contribution in [0.2, 0.25) is 0 Å². The second kappa shape index (κ2) is 8.62. The van der Waals surface area contributed by atoms with Crippen LogP contribution in [0.4, 0.5) is 16.2 Å². The number of imidazole rings is 1. The van der Waals surface area contributed by atoms with Gasteiger partial charge in [-0.25, -0.2) is 14.3 Å². The summed E-state index contributed by atoms with van der Waals surface area (Å²) < 4.78 is 17.3. The average molecular weight is 419 g/mol. The van der Waals surface area contributed by atoms with Crippen molar-refractivity contribution in [1.82, 2.24) is 14.6 Å². The van der Waals surface area contributed by atoms with E-state index in [-0.39, 0.29) is 6.03 Å². The van der Waals surface area contributed by atoms with Crippen molar-refractivity contribution in [3.05, 3.63) is 60.8 Å². The Hall–Kier alpha value is -4.27. The molecule has 9 nitrogen and oxygen atoms in total. The molecule has 4 rings (SSSR count). The first-order valence-electron chi connectivity index (χ1n) is 9.40. The summed E-state index contributed by atoms with van der Waals surface area (Å²) in [6, 6.07) is 15.7. The number of hydrogen-bond donors (Lipinski definition) is 2. The molecule has 0 bridgehead atoms. The minimum atomic E-state index is -0.384. The van der Waals surface area contributed by atoms with E-state index in [1.54, 1.807) is 55.3 Å². The molecule has 0 saturated heterocycles. The number of rotatable bonds is 6. The molecule has 0 atom stereocenters. The summed E-state index contributed by atoms with van der Waals surface area (Å²) >= 11 is 0. The van der Waals surface area contributed by atoms with Crippen molar-refractivity contribution in [3.8, 4) is 28.6 Å². The fourth-order valence-electron chi connectivity index (χ4n) is 3.08. The van der Waals surface area contributed by atoms with Crippen LogP contribution in [0.15, 0.2) is 60.8 Å². The molecular formula is C22H21N5O4. The van der Waals surface area contributed by atoms with E-state index >= 15 is 0 Å². The third-order valence-electron chi connectivity index (χ3n) is 4.56. The van der Waals surface area contributed by atoms with E-state index in [1.807, 2.05) is 24.3 Å². The predicted octanol–water partition coefficient (Wildman–Crippen LogP) is 4.07. The Kier molecular flexibility index (Phi) is 5.57. The van der Waals surface area contributed by atoms with Gasteiger partial charge in [-0.15, -0.1) is 5.10 Å². The number of carbonyl (C=O) groups excluding carboxylic acids is 1. The lowest BCUT2D eigenvalue weighted by Crippen LogP contribution is -2.19. The molecular weight excluding hydrogens is 398 g/mol. The predicted molar refractivity (Wildman–Crippen MR) is 117 cm³/mol. The normalized spacial score (nSPS) is 10.5. The van der Waals surface area contributed by atoms with E-state index in [9.17, 15) is 4.79 Å². The number of anilines is 2. The average Bonchev–Trinajstić information content (AvgIpc) is 3.22. The maximum atomic E-state index is 12.5. The first-order chi connectivity index (χ1) is 15.1. The second-order valence-corrected chi connectivity index (χ2v) is 6.53. The van der Waals surface area contributed by atoms with Crippen LogP contribution in [0, 0.1) is 0 Å². The van der Waals surface area contributed by atoms with Crippen molar-refractivity contribution in [2.24, 2.45) is 0 Å². The Morgan fingerprint density at radius 2 is 1.65 bits per heavy atom. The van der Waals surface area contributed by atoms with Crippen LogP contribution in [-0.2, 0) is 0 Å². The molecule has 2 heterocycles. The van der Waals surface area contributed by atoms with Crippen molar-refractivity contribution in [3.63, 3.8) is 0 Å². The fourth-order valence-corrected chi connectivity index (χ4v) is 3.08. The molecule has 31 heavy (non-hydrogen) atoms. The number of urea groups is 1. The molecule has 0 aliphatic carbocycles. The van der Waals surface area contributed by atoms with Crippen molar-refractivity contribution in [2.75, 3.05) is 32.0 Å². The number of carbonyl (C=O) groups is 1. The van der Waals surface area contributed by atoms with Crippen molar-refractivity contribution >= 4 is 23.1 Å². The van der Waals surface area contributed by atoms with Gasteiger partial charge in [-0.2, -0.15) is 0 Å². The van der Waals surface area contributed by atoms with E-state index < -0.39 is 0 Å². The van der Waals surface area contributed by atoms with E-state index in [2.05, 4.69) is 20.7 Å². The zero-order valence-electron chi connectivity index (χ0n) is 17.2. The van der Waals surface area contributed by atoms with Gasteiger partial charge in [-0.05, 0) is 30.3 Å². The summed E-state index contributed by atoms with van der Waals surface area (Å²) in [5.41, 5.74) is 3.46. The summed E-state index contributed by atoms with van der Waals surface area (Å²) in [5.74, 6) is 1.61. The van der Waals surface area contributed by atoms with Crippen LogP contribution in [-0.4, -0.2) is 42.0 Å². The number of nitrogens with one attached hydrogen (secondary N) is 2. The molecule has 158 valence electrons. The van der Waals surface area contributed by atoms with Crippen LogP contribution in [0.25, 0.3) is 16.9 Å². The number of amides is 2. The third-order valence-corrected chi connectivity index (χ3v) is 4.56. The van der Waals surface area contributed by atoms with Crippen molar-refractivity contribution < 1.29 is 19.0 Å². The minimum absolute atomic E-state index is 0.384. The largest absolute Gasteiger partial charge is 0.493 e. The number of nitrogens with zero attached hydrogens (tertiary/aromatic N) is 3. The first-order valence-corrected chi connectivity index (χ1v) is 9.40. The summed E-state index contributed by atoms with van der Waals surface area (Å²) in [7, 11) is 4.66. The lowest BCUT2D eigenvalue weighted by molar-refractivity contribution is 0.262. The number of aromatic nitrogens is 3. The second-order valence-electron chi connectivity index (χ2n) is 6.53. The maximum absolute atomic E-state index is 12.5. The fraction of sp³-hybridized carbons (Fsp3) is 0.136. The van der Waals surface area contributed by atoms with E-state index in [0.29, 0.717) is 34.4 Å². The van der Waals surface area contributed by atoms with Crippen LogP contribution in [0.5, 0.6) is 17.4 Å².